The fraction of sp³-hybridized carbons (Fsp3) is 0.364. The second kappa shape index (κ2) is 9.14. The summed E-state index contributed by atoms with van der Waals surface area (Å²) in [5.74, 6) is 0. The summed E-state index contributed by atoms with van der Waals surface area (Å²) >= 11 is 0. The maximum Gasteiger partial charge on any atom is 0.258 e. The number of aliphatic hydroxyl groups excluding tert-OH is 1. The van der Waals surface area contributed by atoms with Gasteiger partial charge in [0.2, 0.25) is 0 Å². The molecule has 0 heterocycles. The standard InChI is InChI=1S/C22H30O2Si/c1-22(2,18-12-4-3-5-13-19-23)25(24,20-14-8-6-9-15-20)21-16-10-7-11-17-21/h5-11,13-17,23-24H,3-4,12,18-19H2,1-2H3/b13-5+. The van der Waals surface area contributed by atoms with Crippen LogP contribution >= 0.6 is 0 Å². The van der Waals surface area contributed by atoms with Gasteiger partial charge in [-0.3, -0.25) is 0 Å². The third-order valence-electron chi connectivity index (χ3n) is 5.06. The number of benzene rings is 2. The van der Waals surface area contributed by atoms with Gasteiger partial charge in [-0.05, 0) is 34.7 Å². The first-order chi connectivity index (χ1) is 12.0. The van der Waals surface area contributed by atoms with Gasteiger partial charge in [0, 0.05) is 0 Å². The maximum atomic E-state index is 12.0. The van der Waals surface area contributed by atoms with E-state index in [4.69, 9.17) is 5.11 Å². The van der Waals surface area contributed by atoms with Crippen LogP contribution in [0.2, 0.25) is 5.04 Å². The number of aliphatic hydroxyl groups is 1. The second-order valence-electron chi connectivity index (χ2n) is 7.23. The van der Waals surface area contributed by atoms with Gasteiger partial charge in [-0.1, -0.05) is 93.1 Å². The lowest BCUT2D eigenvalue weighted by atomic mass is 10.0. The molecule has 2 rings (SSSR count). The summed E-state index contributed by atoms with van der Waals surface area (Å²) in [6.07, 6.45) is 7.93. The van der Waals surface area contributed by atoms with Crippen molar-refractivity contribution in [2.24, 2.45) is 0 Å². The van der Waals surface area contributed by atoms with E-state index in [1.807, 2.05) is 42.5 Å². The normalized spacial score (nSPS) is 12.6. The average molecular weight is 355 g/mol. The quantitative estimate of drug-likeness (QED) is 0.410. The summed E-state index contributed by atoms with van der Waals surface area (Å²) in [4.78, 5) is 12.0. The third kappa shape index (κ3) is 4.69. The molecule has 3 heteroatoms. The van der Waals surface area contributed by atoms with E-state index in [1.165, 1.54) is 0 Å². The van der Waals surface area contributed by atoms with Crippen LogP contribution in [0.25, 0.3) is 0 Å². The molecule has 0 spiro atoms. The van der Waals surface area contributed by atoms with Crippen molar-refractivity contribution in [1.29, 1.82) is 0 Å². The highest BCUT2D eigenvalue weighted by Gasteiger charge is 2.49. The summed E-state index contributed by atoms with van der Waals surface area (Å²) in [5, 5.41) is 10.8. The van der Waals surface area contributed by atoms with Gasteiger partial charge in [0.1, 0.15) is 0 Å². The van der Waals surface area contributed by atoms with E-state index in [0.717, 1.165) is 36.1 Å². The molecule has 0 aliphatic carbocycles. The molecule has 0 amide bonds. The monoisotopic (exact) mass is 354 g/mol. The van der Waals surface area contributed by atoms with Crippen molar-refractivity contribution in [3.05, 3.63) is 72.8 Å². The molecule has 2 N–H and O–H groups in total. The van der Waals surface area contributed by atoms with Gasteiger partial charge in [0.05, 0.1) is 6.61 Å². The molecule has 2 aromatic carbocycles. The Morgan fingerprint density at radius 3 is 1.84 bits per heavy atom. The zero-order valence-electron chi connectivity index (χ0n) is 15.4. The molecule has 25 heavy (non-hydrogen) atoms. The van der Waals surface area contributed by atoms with E-state index >= 15 is 0 Å². The number of rotatable bonds is 9. The van der Waals surface area contributed by atoms with Gasteiger partial charge < -0.3 is 9.90 Å². The first-order valence-corrected chi connectivity index (χ1v) is 11.1. The second-order valence-corrected chi connectivity index (χ2v) is 11.2. The average Bonchev–Trinajstić information content (AvgIpc) is 2.65. The summed E-state index contributed by atoms with van der Waals surface area (Å²) < 4.78 is 0. The van der Waals surface area contributed by atoms with Crippen molar-refractivity contribution >= 4 is 18.7 Å². The number of allylic oxidation sites excluding steroid dienone is 1. The van der Waals surface area contributed by atoms with Crippen molar-refractivity contribution in [2.75, 3.05) is 6.61 Å². The molecule has 0 fully saturated rings. The van der Waals surface area contributed by atoms with Gasteiger partial charge in [-0.2, -0.15) is 0 Å². The molecule has 0 saturated heterocycles. The Bertz CT molecular complexity index is 611. The molecule has 0 unspecified atom stereocenters. The van der Waals surface area contributed by atoms with E-state index in [2.05, 4.69) is 38.1 Å². The van der Waals surface area contributed by atoms with Crippen LogP contribution in [-0.2, 0) is 0 Å². The van der Waals surface area contributed by atoms with Crippen LogP contribution in [0.4, 0.5) is 0 Å². The minimum atomic E-state index is -2.86. The van der Waals surface area contributed by atoms with Crippen molar-refractivity contribution in [1.82, 2.24) is 0 Å². The molecule has 2 aromatic rings. The summed E-state index contributed by atoms with van der Waals surface area (Å²) in [5.41, 5.74) is 0. The zero-order valence-corrected chi connectivity index (χ0v) is 16.4. The number of hydrogen-bond donors (Lipinski definition) is 2. The summed E-state index contributed by atoms with van der Waals surface area (Å²) in [6.45, 7) is 4.53. The van der Waals surface area contributed by atoms with Crippen LogP contribution in [0, 0.1) is 0 Å². The van der Waals surface area contributed by atoms with Gasteiger partial charge in [-0.25, -0.2) is 0 Å². The fourth-order valence-corrected chi connectivity index (χ4v) is 7.29. The Morgan fingerprint density at radius 1 is 0.840 bits per heavy atom. The molecular formula is C22H30O2Si. The first-order valence-electron chi connectivity index (χ1n) is 9.11. The zero-order chi connectivity index (χ0) is 18.2. The van der Waals surface area contributed by atoms with Crippen molar-refractivity contribution in [3.63, 3.8) is 0 Å². The molecule has 0 aromatic heterocycles. The molecule has 2 nitrogen and oxygen atoms in total. The molecule has 134 valence electrons. The van der Waals surface area contributed by atoms with E-state index < -0.39 is 8.32 Å². The Hall–Kier alpha value is -1.68. The first kappa shape index (κ1) is 19.6. The molecule has 0 radical (unpaired) electrons. The van der Waals surface area contributed by atoms with E-state index in [1.54, 1.807) is 6.08 Å². The van der Waals surface area contributed by atoms with Crippen LogP contribution in [0.5, 0.6) is 0 Å². The summed E-state index contributed by atoms with van der Waals surface area (Å²) in [6, 6.07) is 20.4. The molecular weight excluding hydrogens is 324 g/mol. The lowest BCUT2D eigenvalue weighted by Crippen LogP contribution is -2.65. The minimum absolute atomic E-state index is 0.111. The smallest absolute Gasteiger partial charge is 0.258 e. The van der Waals surface area contributed by atoms with Crippen LogP contribution < -0.4 is 10.4 Å². The molecule has 0 saturated carbocycles. The highest BCUT2D eigenvalue weighted by atomic mass is 28.4. The van der Waals surface area contributed by atoms with E-state index in [-0.39, 0.29) is 11.6 Å². The third-order valence-corrected chi connectivity index (χ3v) is 9.60. The van der Waals surface area contributed by atoms with Crippen LogP contribution in [0.3, 0.4) is 0 Å². The lowest BCUT2D eigenvalue weighted by Gasteiger charge is -2.41. The predicted molar refractivity (Wildman–Crippen MR) is 109 cm³/mol. The minimum Gasteiger partial charge on any atom is -0.424 e. The molecule has 0 bridgehead atoms. The largest absolute Gasteiger partial charge is 0.424 e. The van der Waals surface area contributed by atoms with Crippen molar-refractivity contribution in [3.8, 4) is 0 Å². The van der Waals surface area contributed by atoms with Gasteiger partial charge >= 0.3 is 0 Å². The Labute approximate surface area is 153 Å². The highest BCUT2D eigenvalue weighted by Crippen LogP contribution is 2.40. The SMILES string of the molecule is CC(C)(CCCC/C=C/CO)[Si](O)(c1ccccc1)c1ccccc1. The maximum absolute atomic E-state index is 12.0. The predicted octanol–water partition coefficient (Wildman–Crippen LogP) is 3.63. The fourth-order valence-electron chi connectivity index (χ4n) is 3.51. The van der Waals surface area contributed by atoms with Gasteiger partial charge in [0.15, 0.2) is 0 Å². The van der Waals surface area contributed by atoms with E-state index in [9.17, 15) is 4.80 Å². The van der Waals surface area contributed by atoms with Crippen molar-refractivity contribution in [2.45, 2.75) is 44.6 Å². The van der Waals surface area contributed by atoms with Crippen LogP contribution in [0.15, 0.2) is 72.8 Å². The Balaban J connectivity index is 2.24. The Morgan fingerprint density at radius 2 is 1.36 bits per heavy atom. The number of unbranched alkanes of at least 4 members (excludes halogenated alkanes) is 2. The van der Waals surface area contributed by atoms with E-state index in [0.29, 0.717) is 0 Å². The van der Waals surface area contributed by atoms with Crippen LogP contribution in [-0.4, -0.2) is 24.8 Å². The van der Waals surface area contributed by atoms with Crippen molar-refractivity contribution < 1.29 is 9.90 Å². The highest BCUT2D eigenvalue weighted by molar-refractivity contribution is 6.98. The van der Waals surface area contributed by atoms with Crippen LogP contribution in [0.1, 0.15) is 39.5 Å². The summed E-state index contributed by atoms with van der Waals surface area (Å²) in [7, 11) is -2.86. The Kier molecular flexibility index (Phi) is 7.18. The van der Waals surface area contributed by atoms with Gasteiger partial charge in [-0.15, -0.1) is 0 Å². The molecule has 0 atom stereocenters. The van der Waals surface area contributed by atoms with Gasteiger partial charge in [0.25, 0.3) is 8.32 Å². The molecule has 0 aliphatic heterocycles. The topological polar surface area (TPSA) is 40.5 Å². The number of hydrogen-bond acceptors (Lipinski definition) is 2. The molecule has 0 aliphatic rings. The lowest BCUT2D eigenvalue weighted by molar-refractivity contribution is 0.342.